The van der Waals surface area contributed by atoms with Crippen LogP contribution in [-0.4, -0.2) is 17.9 Å². The first-order valence-corrected chi connectivity index (χ1v) is 6.28. The number of nitrogens with one attached hydrogen (secondary N) is 1. The Kier molecular flexibility index (Phi) is 3.79. The van der Waals surface area contributed by atoms with E-state index in [1.807, 2.05) is 24.3 Å². The van der Waals surface area contributed by atoms with Gasteiger partial charge in [-0.1, -0.05) is 0 Å². The molecule has 92 valence electrons. The van der Waals surface area contributed by atoms with Crippen LogP contribution in [0, 0.1) is 0 Å². The van der Waals surface area contributed by atoms with Crippen molar-refractivity contribution < 1.29 is 4.79 Å². The fraction of sp³-hybridized carbons (Fsp3) is 0.500. The lowest BCUT2D eigenvalue weighted by atomic mass is 9.91. The molecule has 0 aromatic heterocycles. The van der Waals surface area contributed by atoms with Crippen LogP contribution < -0.4 is 11.1 Å². The van der Waals surface area contributed by atoms with Crippen LogP contribution in [-0.2, 0) is 0 Å². The Labute approximate surface area is 102 Å². The van der Waals surface area contributed by atoms with E-state index in [1.54, 1.807) is 6.92 Å². The van der Waals surface area contributed by atoms with Crippen LogP contribution in [0.1, 0.15) is 43.0 Å². The van der Waals surface area contributed by atoms with Gasteiger partial charge in [-0.05, 0) is 56.9 Å². The molecule has 1 aromatic rings. The summed E-state index contributed by atoms with van der Waals surface area (Å²) in [6.07, 6.45) is 4.47. The van der Waals surface area contributed by atoms with Gasteiger partial charge in [0, 0.05) is 23.3 Å². The Morgan fingerprint density at radius 2 is 1.76 bits per heavy atom. The lowest BCUT2D eigenvalue weighted by molar-refractivity contribution is 0.101. The Morgan fingerprint density at radius 3 is 2.29 bits per heavy atom. The smallest absolute Gasteiger partial charge is 0.159 e. The Morgan fingerprint density at radius 1 is 1.18 bits per heavy atom. The molecule has 0 heterocycles. The van der Waals surface area contributed by atoms with E-state index in [2.05, 4.69) is 5.32 Å². The molecule has 3 heteroatoms. The van der Waals surface area contributed by atoms with Gasteiger partial charge in [0.2, 0.25) is 0 Å². The first-order valence-electron chi connectivity index (χ1n) is 6.28. The van der Waals surface area contributed by atoms with E-state index < -0.39 is 0 Å². The van der Waals surface area contributed by atoms with Crippen molar-refractivity contribution >= 4 is 11.5 Å². The number of anilines is 1. The van der Waals surface area contributed by atoms with Crippen molar-refractivity contribution in [2.45, 2.75) is 44.7 Å². The maximum Gasteiger partial charge on any atom is 0.159 e. The number of hydrogen-bond donors (Lipinski definition) is 2. The third-order valence-corrected chi connectivity index (χ3v) is 3.43. The molecule has 0 unspecified atom stereocenters. The molecule has 3 N–H and O–H groups in total. The van der Waals surface area contributed by atoms with Gasteiger partial charge in [-0.2, -0.15) is 0 Å². The van der Waals surface area contributed by atoms with Gasteiger partial charge in [0.25, 0.3) is 0 Å². The van der Waals surface area contributed by atoms with Crippen molar-refractivity contribution in [3.05, 3.63) is 29.8 Å². The monoisotopic (exact) mass is 232 g/mol. The number of carbonyl (C=O) groups excluding carboxylic acids is 1. The molecule has 0 radical (unpaired) electrons. The average molecular weight is 232 g/mol. The van der Waals surface area contributed by atoms with E-state index in [0.29, 0.717) is 12.1 Å². The SMILES string of the molecule is CC(=O)c1ccc(NC2CCC(N)CC2)cc1. The molecule has 0 amide bonds. The average Bonchev–Trinajstić information content (AvgIpc) is 2.33. The van der Waals surface area contributed by atoms with Gasteiger partial charge in [0.05, 0.1) is 0 Å². The first kappa shape index (κ1) is 12.1. The molecule has 0 saturated heterocycles. The zero-order chi connectivity index (χ0) is 12.3. The van der Waals surface area contributed by atoms with Gasteiger partial charge >= 0.3 is 0 Å². The van der Waals surface area contributed by atoms with Gasteiger partial charge in [-0.3, -0.25) is 4.79 Å². The molecular weight excluding hydrogens is 212 g/mol. The highest BCUT2D eigenvalue weighted by molar-refractivity contribution is 5.94. The minimum atomic E-state index is 0.111. The molecule has 1 aromatic carbocycles. The highest BCUT2D eigenvalue weighted by Gasteiger charge is 2.17. The summed E-state index contributed by atoms with van der Waals surface area (Å²) in [5, 5.41) is 3.50. The van der Waals surface area contributed by atoms with Crippen LogP contribution in [0.2, 0.25) is 0 Å². The normalized spacial score (nSPS) is 24.4. The first-order chi connectivity index (χ1) is 8.15. The lowest BCUT2D eigenvalue weighted by Crippen LogP contribution is -2.32. The standard InChI is InChI=1S/C14H20N2O/c1-10(17)11-2-6-13(7-3-11)16-14-8-4-12(15)5-9-14/h2-3,6-7,12,14,16H,4-5,8-9,15H2,1H3. The Bertz CT molecular complexity index is 378. The zero-order valence-corrected chi connectivity index (χ0v) is 10.3. The molecule has 17 heavy (non-hydrogen) atoms. The number of benzene rings is 1. The molecule has 0 spiro atoms. The van der Waals surface area contributed by atoms with Crippen molar-refractivity contribution in [3.63, 3.8) is 0 Å². The molecule has 1 fully saturated rings. The van der Waals surface area contributed by atoms with Crippen LogP contribution in [0.4, 0.5) is 5.69 Å². The number of Topliss-reactive ketones (excluding diaryl/α,β-unsaturated/α-hetero) is 1. The minimum absolute atomic E-state index is 0.111. The van der Waals surface area contributed by atoms with Crippen LogP contribution in [0.25, 0.3) is 0 Å². The topological polar surface area (TPSA) is 55.1 Å². The quantitative estimate of drug-likeness (QED) is 0.787. The maximum absolute atomic E-state index is 11.1. The highest BCUT2D eigenvalue weighted by atomic mass is 16.1. The largest absolute Gasteiger partial charge is 0.382 e. The highest BCUT2D eigenvalue weighted by Crippen LogP contribution is 2.21. The third-order valence-electron chi connectivity index (χ3n) is 3.43. The van der Waals surface area contributed by atoms with Crippen LogP contribution in [0.3, 0.4) is 0 Å². The predicted octanol–water partition coefficient (Wildman–Crippen LogP) is 2.57. The van der Waals surface area contributed by atoms with E-state index in [-0.39, 0.29) is 5.78 Å². The summed E-state index contributed by atoms with van der Waals surface area (Å²) in [5.41, 5.74) is 7.74. The summed E-state index contributed by atoms with van der Waals surface area (Å²) in [5.74, 6) is 0.111. The van der Waals surface area contributed by atoms with Crippen molar-refractivity contribution in [2.24, 2.45) is 5.73 Å². The number of rotatable bonds is 3. The summed E-state index contributed by atoms with van der Waals surface area (Å²) >= 11 is 0. The molecule has 1 aliphatic rings. The Hall–Kier alpha value is -1.35. The van der Waals surface area contributed by atoms with Crippen molar-refractivity contribution in [1.82, 2.24) is 0 Å². The zero-order valence-electron chi connectivity index (χ0n) is 10.3. The predicted molar refractivity (Wildman–Crippen MR) is 70.3 cm³/mol. The second-order valence-electron chi connectivity index (χ2n) is 4.89. The number of hydrogen-bond acceptors (Lipinski definition) is 3. The van der Waals surface area contributed by atoms with E-state index in [4.69, 9.17) is 5.73 Å². The molecule has 0 aliphatic heterocycles. The second-order valence-corrected chi connectivity index (χ2v) is 4.89. The van der Waals surface area contributed by atoms with Crippen molar-refractivity contribution in [1.29, 1.82) is 0 Å². The molecule has 0 atom stereocenters. The van der Waals surface area contributed by atoms with Crippen molar-refractivity contribution in [3.8, 4) is 0 Å². The van der Waals surface area contributed by atoms with Crippen LogP contribution in [0.5, 0.6) is 0 Å². The number of nitrogens with two attached hydrogens (primary N) is 1. The molecule has 3 nitrogen and oxygen atoms in total. The van der Waals surface area contributed by atoms with E-state index in [1.165, 1.54) is 0 Å². The van der Waals surface area contributed by atoms with Gasteiger partial charge in [0.15, 0.2) is 5.78 Å². The molecule has 1 aliphatic carbocycles. The summed E-state index contributed by atoms with van der Waals surface area (Å²) in [6.45, 7) is 1.59. The molecule has 0 bridgehead atoms. The second kappa shape index (κ2) is 5.32. The molecule has 1 saturated carbocycles. The fourth-order valence-corrected chi connectivity index (χ4v) is 2.30. The van der Waals surface area contributed by atoms with Crippen LogP contribution in [0.15, 0.2) is 24.3 Å². The number of carbonyl (C=O) groups is 1. The third kappa shape index (κ3) is 3.30. The van der Waals surface area contributed by atoms with Crippen molar-refractivity contribution in [2.75, 3.05) is 5.32 Å². The van der Waals surface area contributed by atoms with Gasteiger partial charge in [0.1, 0.15) is 0 Å². The van der Waals surface area contributed by atoms with E-state index in [9.17, 15) is 4.79 Å². The number of ketones is 1. The van der Waals surface area contributed by atoms with Gasteiger partial charge < -0.3 is 11.1 Å². The van der Waals surface area contributed by atoms with E-state index >= 15 is 0 Å². The molecular formula is C14H20N2O. The van der Waals surface area contributed by atoms with Gasteiger partial charge in [-0.25, -0.2) is 0 Å². The summed E-state index contributed by atoms with van der Waals surface area (Å²) in [4.78, 5) is 11.1. The fourth-order valence-electron chi connectivity index (χ4n) is 2.30. The van der Waals surface area contributed by atoms with Gasteiger partial charge in [-0.15, -0.1) is 0 Å². The summed E-state index contributed by atoms with van der Waals surface area (Å²) in [6, 6.07) is 8.61. The Balaban J connectivity index is 1.92. The molecule has 2 rings (SSSR count). The minimum Gasteiger partial charge on any atom is -0.382 e. The summed E-state index contributed by atoms with van der Waals surface area (Å²) < 4.78 is 0. The van der Waals surface area contributed by atoms with E-state index in [0.717, 1.165) is 36.9 Å². The summed E-state index contributed by atoms with van der Waals surface area (Å²) in [7, 11) is 0. The van der Waals surface area contributed by atoms with Crippen LogP contribution >= 0.6 is 0 Å². The maximum atomic E-state index is 11.1. The lowest BCUT2D eigenvalue weighted by Gasteiger charge is -2.27.